The van der Waals surface area contributed by atoms with Crippen LogP contribution in [0.15, 0.2) is 18.2 Å². The van der Waals surface area contributed by atoms with E-state index in [4.69, 9.17) is 4.74 Å². The number of carbonyl (C=O) groups is 1. The van der Waals surface area contributed by atoms with Crippen molar-refractivity contribution < 1.29 is 19.7 Å². The van der Waals surface area contributed by atoms with E-state index >= 15 is 0 Å². The third-order valence-electron chi connectivity index (χ3n) is 2.85. The average Bonchev–Trinajstić information content (AvgIpc) is 2.36. The Morgan fingerprint density at radius 3 is 2.67 bits per heavy atom. The summed E-state index contributed by atoms with van der Waals surface area (Å²) >= 11 is 0. The van der Waals surface area contributed by atoms with Crippen LogP contribution in [-0.4, -0.2) is 29.3 Å². The van der Waals surface area contributed by atoms with Crippen LogP contribution >= 0.6 is 0 Å². The summed E-state index contributed by atoms with van der Waals surface area (Å²) in [6.45, 7) is 3.90. The zero-order valence-electron chi connectivity index (χ0n) is 10.8. The highest BCUT2D eigenvalue weighted by Crippen LogP contribution is 2.29. The summed E-state index contributed by atoms with van der Waals surface area (Å²) in [6.07, 6.45) is 0.832. The molecule has 0 fully saturated rings. The predicted octanol–water partition coefficient (Wildman–Crippen LogP) is 1.91. The van der Waals surface area contributed by atoms with Gasteiger partial charge in [0.1, 0.15) is 6.04 Å². The van der Waals surface area contributed by atoms with Crippen molar-refractivity contribution in [2.45, 2.75) is 32.4 Å². The molecule has 1 rings (SSSR count). The molecule has 0 aliphatic carbocycles. The summed E-state index contributed by atoms with van der Waals surface area (Å²) in [5.74, 6) is -0.693. The molecule has 18 heavy (non-hydrogen) atoms. The van der Waals surface area contributed by atoms with Crippen molar-refractivity contribution in [3.8, 4) is 11.5 Å². The highest BCUT2D eigenvalue weighted by atomic mass is 16.5. The fourth-order valence-corrected chi connectivity index (χ4v) is 1.59. The van der Waals surface area contributed by atoms with Crippen molar-refractivity contribution in [3.63, 3.8) is 0 Å². The molecule has 1 aromatic rings. The lowest BCUT2D eigenvalue weighted by atomic mass is 10.0. The minimum Gasteiger partial charge on any atom is -0.504 e. The number of aliphatic carboxylic acids is 1. The summed E-state index contributed by atoms with van der Waals surface area (Å²) < 4.78 is 4.98. The van der Waals surface area contributed by atoms with E-state index in [1.165, 1.54) is 19.2 Å². The molecular formula is C13H19NO4. The molecule has 0 bridgehead atoms. The highest BCUT2D eigenvalue weighted by Gasteiger charge is 2.22. The van der Waals surface area contributed by atoms with Crippen molar-refractivity contribution >= 4 is 5.97 Å². The minimum absolute atomic E-state index is 0.00562. The second-order valence-electron chi connectivity index (χ2n) is 4.18. The lowest BCUT2D eigenvalue weighted by molar-refractivity contribution is -0.139. The summed E-state index contributed by atoms with van der Waals surface area (Å²) in [5, 5.41) is 21.7. The number of carboxylic acids is 1. The Morgan fingerprint density at radius 2 is 2.17 bits per heavy atom. The lowest BCUT2D eigenvalue weighted by Crippen LogP contribution is -2.34. The van der Waals surface area contributed by atoms with Crippen molar-refractivity contribution in [3.05, 3.63) is 23.8 Å². The van der Waals surface area contributed by atoms with E-state index in [-0.39, 0.29) is 17.5 Å². The van der Waals surface area contributed by atoms with Gasteiger partial charge >= 0.3 is 5.97 Å². The Morgan fingerprint density at radius 1 is 1.50 bits per heavy atom. The molecule has 0 amide bonds. The number of phenolic OH excluding ortho intramolecular Hbond substituents is 1. The van der Waals surface area contributed by atoms with E-state index in [0.717, 1.165) is 6.42 Å². The van der Waals surface area contributed by atoms with Crippen molar-refractivity contribution in [2.75, 3.05) is 7.11 Å². The Labute approximate surface area is 106 Å². The van der Waals surface area contributed by atoms with Crippen LogP contribution in [0.1, 0.15) is 31.9 Å². The molecule has 5 heteroatoms. The number of aromatic hydroxyl groups is 1. The first-order chi connectivity index (χ1) is 8.49. The van der Waals surface area contributed by atoms with Crippen LogP contribution in [0.2, 0.25) is 0 Å². The van der Waals surface area contributed by atoms with Crippen LogP contribution in [0.5, 0.6) is 11.5 Å². The molecular weight excluding hydrogens is 234 g/mol. The van der Waals surface area contributed by atoms with E-state index in [1.807, 2.05) is 13.8 Å². The number of hydrogen-bond acceptors (Lipinski definition) is 4. The number of hydrogen-bond donors (Lipinski definition) is 3. The van der Waals surface area contributed by atoms with Gasteiger partial charge in [-0.1, -0.05) is 13.0 Å². The molecule has 5 nitrogen and oxygen atoms in total. The molecule has 100 valence electrons. The van der Waals surface area contributed by atoms with E-state index in [1.54, 1.807) is 6.07 Å². The van der Waals surface area contributed by atoms with Gasteiger partial charge in [-0.05, 0) is 31.0 Å². The van der Waals surface area contributed by atoms with Gasteiger partial charge in [-0.15, -0.1) is 0 Å². The maximum Gasteiger partial charge on any atom is 0.325 e. The first kappa shape index (κ1) is 14.3. The first-order valence-corrected chi connectivity index (χ1v) is 5.85. The molecule has 1 aromatic carbocycles. The summed E-state index contributed by atoms with van der Waals surface area (Å²) in [7, 11) is 1.43. The van der Waals surface area contributed by atoms with Gasteiger partial charge in [-0.2, -0.15) is 0 Å². The maximum absolute atomic E-state index is 11.3. The van der Waals surface area contributed by atoms with E-state index in [0.29, 0.717) is 5.56 Å². The van der Waals surface area contributed by atoms with Crippen LogP contribution in [0.3, 0.4) is 0 Å². The molecule has 0 saturated carbocycles. The fourth-order valence-electron chi connectivity index (χ4n) is 1.59. The highest BCUT2D eigenvalue weighted by molar-refractivity contribution is 5.76. The Bertz CT molecular complexity index is 419. The molecule has 0 spiro atoms. The number of ether oxygens (including phenoxy) is 1. The van der Waals surface area contributed by atoms with Gasteiger partial charge in [-0.3, -0.25) is 10.1 Å². The van der Waals surface area contributed by atoms with Crippen LogP contribution < -0.4 is 10.1 Å². The number of rotatable bonds is 6. The third kappa shape index (κ3) is 3.37. The van der Waals surface area contributed by atoms with Gasteiger partial charge in [0, 0.05) is 6.04 Å². The SMILES string of the molecule is CCC(C)NC(C(=O)O)c1ccc(O)c(OC)c1. The molecule has 3 N–H and O–H groups in total. The monoisotopic (exact) mass is 253 g/mol. The van der Waals surface area contributed by atoms with E-state index in [2.05, 4.69) is 5.32 Å². The molecule has 0 aliphatic rings. The third-order valence-corrected chi connectivity index (χ3v) is 2.85. The summed E-state index contributed by atoms with van der Waals surface area (Å²) in [6, 6.07) is 3.82. The maximum atomic E-state index is 11.3. The average molecular weight is 253 g/mol. The molecule has 2 unspecified atom stereocenters. The zero-order valence-corrected chi connectivity index (χ0v) is 10.8. The van der Waals surface area contributed by atoms with Gasteiger partial charge in [-0.25, -0.2) is 0 Å². The van der Waals surface area contributed by atoms with Crippen molar-refractivity contribution in [1.29, 1.82) is 0 Å². The molecule has 0 radical (unpaired) electrons. The van der Waals surface area contributed by atoms with Crippen molar-refractivity contribution in [2.24, 2.45) is 0 Å². The van der Waals surface area contributed by atoms with Crippen LogP contribution in [-0.2, 0) is 4.79 Å². The first-order valence-electron chi connectivity index (χ1n) is 5.85. The van der Waals surface area contributed by atoms with E-state index in [9.17, 15) is 15.0 Å². The second-order valence-corrected chi connectivity index (χ2v) is 4.18. The molecule has 0 aliphatic heterocycles. The zero-order chi connectivity index (χ0) is 13.7. The van der Waals surface area contributed by atoms with Gasteiger partial charge in [0.2, 0.25) is 0 Å². The molecule has 0 saturated heterocycles. The Hall–Kier alpha value is -1.75. The second kappa shape index (κ2) is 6.26. The van der Waals surface area contributed by atoms with Crippen LogP contribution in [0.4, 0.5) is 0 Å². The largest absolute Gasteiger partial charge is 0.504 e. The number of nitrogens with one attached hydrogen (secondary N) is 1. The van der Waals surface area contributed by atoms with E-state index < -0.39 is 12.0 Å². The number of carboxylic acid groups (broad SMARTS) is 1. The topological polar surface area (TPSA) is 78.8 Å². The number of methoxy groups -OCH3 is 1. The molecule has 0 heterocycles. The molecule has 2 atom stereocenters. The smallest absolute Gasteiger partial charge is 0.325 e. The summed E-state index contributed by atoms with van der Waals surface area (Å²) in [5.41, 5.74) is 0.553. The quantitative estimate of drug-likeness (QED) is 0.721. The lowest BCUT2D eigenvalue weighted by Gasteiger charge is -2.20. The minimum atomic E-state index is -0.956. The summed E-state index contributed by atoms with van der Waals surface area (Å²) in [4.78, 5) is 11.3. The van der Waals surface area contributed by atoms with Gasteiger partial charge in [0.25, 0.3) is 0 Å². The Kier molecular flexibility index (Phi) is 4.97. The van der Waals surface area contributed by atoms with Gasteiger partial charge < -0.3 is 14.9 Å². The standard InChI is InChI=1S/C13H19NO4/c1-4-8(2)14-12(13(16)17)9-5-6-10(15)11(7-9)18-3/h5-8,12,14-15H,4H2,1-3H3,(H,16,17). The predicted molar refractivity (Wildman–Crippen MR) is 67.9 cm³/mol. The Balaban J connectivity index is 3.02. The van der Waals surface area contributed by atoms with Crippen molar-refractivity contribution in [1.82, 2.24) is 5.32 Å². The fraction of sp³-hybridized carbons (Fsp3) is 0.462. The normalized spacial score (nSPS) is 13.9. The molecule has 0 aromatic heterocycles. The van der Waals surface area contributed by atoms with Crippen LogP contribution in [0, 0.1) is 0 Å². The van der Waals surface area contributed by atoms with Crippen LogP contribution in [0.25, 0.3) is 0 Å². The number of phenols is 1. The number of benzene rings is 1. The van der Waals surface area contributed by atoms with Gasteiger partial charge in [0.05, 0.1) is 7.11 Å². The van der Waals surface area contributed by atoms with Gasteiger partial charge in [0.15, 0.2) is 11.5 Å².